The summed E-state index contributed by atoms with van der Waals surface area (Å²) in [6.07, 6.45) is 2.68. The molecule has 25 heavy (non-hydrogen) atoms. The second-order valence-electron chi connectivity index (χ2n) is 5.77. The van der Waals surface area contributed by atoms with Gasteiger partial charge in [0.05, 0.1) is 11.0 Å². The Bertz CT molecular complexity index is 838. The number of benzene rings is 1. The lowest BCUT2D eigenvalue weighted by Gasteiger charge is -2.11. The number of imidazole rings is 1. The first kappa shape index (κ1) is 17.0. The van der Waals surface area contributed by atoms with Crippen LogP contribution in [0.5, 0.6) is 0 Å². The number of fused-ring (bicyclic) bond motifs is 1. The highest BCUT2D eigenvalue weighted by atomic mass is 15.2. The highest BCUT2D eigenvalue weighted by Crippen LogP contribution is 2.14. The quantitative estimate of drug-likeness (QED) is 0.535. The molecule has 0 amide bonds. The van der Waals surface area contributed by atoms with Gasteiger partial charge in [0, 0.05) is 38.4 Å². The molecule has 2 heterocycles. The summed E-state index contributed by atoms with van der Waals surface area (Å²) in [7, 11) is 2.03. The zero-order chi connectivity index (χ0) is 17.5. The third kappa shape index (κ3) is 4.35. The van der Waals surface area contributed by atoms with Crippen molar-refractivity contribution in [2.24, 2.45) is 12.0 Å². The van der Waals surface area contributed by atoms with E-state index in [2.05, 4.69) is 43.2 Å². The van der Waals surface area contributed by atoms with E-state index in [1.165, 1.54) is 0 Å². The number of aromatic nitrogens is 3. The van der Waals surface area contributed by atoms with Crippen LogP contribution < -0.4 is 10.6 Å². The lowest BCUT2D eigenvalue weighted by Crippen LogP contribution is -2.38. The van der Waals surface area contributed by atoms with Crippen LogP contribution in [-0.2, 0) is 20.0 Å². The first-order valence-electron chi connectivity index (χ1n) is 8.60. The van der Waals surface area contributed by atoms with Crippen molar-refractivity contribution in [3.63, 3.8) is 0 Å². The summed E-state index contributed by atoms with van der Waals surface area (Å²) in [6.45, 7) is 4.19. The number of rotatable bonds is 6. The van der Waals surface area contributed by atoms with Crippen molar-refractivity contribution >= 4 is 17.0 Å². The summed E-state index contributed by atoms with van der Waals surface area (Å²) < 4.78 is 2.09. The van der Waals surface area contributed by atoms with Crippen LogP contribution in [0.3, 0.4) is 0 Å². The zero-order valence-electron chi connectivity index (χ0n) is 14.7. The standard InChI is InChI=1S/C19H24N6/c1-3-20-19(22-13-11-15-8-6-7-12-21-15)23-14-18-24-16-9-4-5-10-17(16)25(18)2/h4-10,12H,3,11,13-14H2,1-2H3,(H2,20,22,23). The Balaban J connectivity index is 1.63. The van der Waals surface area contributed by atoms with Gasteiger partial charge in [0.25, 0.3) is 0 Å². The highest BCUT2D eigenvalue weighted by Gasteiger charge is 2.07. The third-order valence-corrected chi connectivity index (χ3v) is 4.00. The fourth-order valence-electron chi connectivity index (χ4n) is 2.68. The number of guanidine groups is 1. The SMILES string of the molecule is CCNC(=NCc1nc2ccccc2n1C)NCCc1ccccn1. The highest BCUT2D eigenvalue weighted by molar-refractivity contribution is 5.80. The van der Waals surface area contributed by atoms with E-state index in [-0.39, 0.29) is 0 Å². The normalized spacial score (nSPS) is 11.7. The van der Waals surface area contributed by atoms with Crippen molar-refractivity contribution in [1.82, 2.24) is 25.2 Å². The van der Waals surface area contributed by atoms with Gasteiger partial charge in [0.1, 0.15) is 12.4 Å². The van der Waals surface area contributed by atoms with Crippen molar-refractivity contribution in [1.29, 1.82) is 0 Å². The van der Waals surface area contributed by atoms with Crippen molar-refractivity contribution in [3.05, 3.63) is 60.2 Å². The number of hydrogen-bond acceptors (Lipinski definition) is 3. The molecule has 6 heteroatoms. The Kier molecular flexibility index (Phi) is 5.61. The number of aryl methyl sites for hydroxylation is 1. The Morgan fingerprint density at radius 2 is 1.96 bits per heavy atom. The zero-order valence-corrected chi connectivity index (χ0v) is 14.7. The molecular formula is C19H24N6. The Morgan fingerprint density at radius 3 is 2.72 bits per heavy atom. The Hall–Kier alpha value is -2.89. The molecule has 0 saturated heterocycles. The number of nitrogens with one attached hydrogen (secondary N) is 2. The molecule has 3 aromatic rings. The van der Waals surface area contributed by atoms with Crippen molar-refractivity contribution in [2.75, 3.05) is 13.1 Å². The van der Waals surface area contributed by atoms with E-state index in [9.17, 15) is 0 Å². The molecule has 0 radical (unpaired) electrons. The van der Waals surface area contributed by atoms with Crippen molar-refractivity contribution < 1.29 is 0 Å². The Labute approximate surface area is 148 Å². The molecule has 0 fully saturated rings. The lowest BCUT2D eigenvalue weighted by molar-refractivity contribution is 0.767. The smallest absolute Gasteiger partial charge is 0.191 e. The molecule has 3 rings (SSSR count). The number of aliphatic imine (C=N–C) groups is 1. The van der Waals surface area contributed by atoms with Gasteiger partial charge in [0.15, 0.2) is 5.96 Å². The molecule has 0 unspecified atom stereocenters. The molecule has 0 saturated carbocycles. The molecule has 0 aliphatic heterocycles. The monoisotopic (exact) mass is 336 g/mol. The largest absolute Gasteiger partial charge is 0.357 e. The average molecular weight is 336 g/mol. The number of nitrogens with zero attached hydrogens (tertiary/aromatic N) is 4. The molecule has 0 spiro atoms. The molecule has 0 atom stereocenters. The van der Waals surface area contributed by atoms with E-state index >= 15 is 0 Å². The predicted molar refractivity (Wildman–Crippen MR) is 101 cm³/mol. The van der Waals surface area contributed by atoms with Gasteiger partial charge in [0.2, 0.25) is 0 Å². The third-order valence-electron chi connectivity index (χ3n) is 4.00. The van der Waals surface area contributed by atoms with Crippen LogP contribution in [0.15, 0.2) is 53.7 Å². The van der Waals surface area contributed by atoms with Gasteiger partial charge in [-0.3, -0.25) is 4.98 Å². The fraction of sp³-hybridized carbons (Fsp3) is 0.316. The van der Waals surface area contributed by atoms with Crippen LogP contribution >= 0.6 is 0 Å². The molecule has 6 nitrogen and oxygen atoms in total. The van der Waals surface area contributed by atoms with Gasteiger partial charge < -0.3 is 15.2 Å². The second-order valence-corrected chi connectivity index (χ2v) is 5.77. The maximum absolute atomic E-state index is 4.66. The summed E-state index contributed by atoms with van der Waals surface area (Å²) in [5.74, 6) is 1.74. The van der Waals surface area contributed by atoms with Crippen LogP contribution in [0, 0.1) is 0 Å². The fourth-order valence-corrected chi connectivity index (χ4v) is 2.68. The molecule has 130 valence electrons. The number of para-hydroxylation sites is 2. The first-order valence-corrected chi connectivity index (χ1v) is 8.60. The van der Waals surface area contributed by atoms with E-state index in [0.29, 0.717) is 6.54 Å². The predicted octanol–water partition coefficient (Wildman–Crippen LogP) is 2.27. The Morgan fingerprint density at radius 1 is 1.12 bits per heavy atom. The molecule has 0 aliphatic carbocycles. The maximum Gasteiger partial charge on any atom is 0.191 e. The summed E-state index contributed by atoms with van der Waals surface area (Å²) in [5.41, 5.74) is 3.20. The van der Waals surface area contributed by atoms with Crippen LogP contribution in [0.4, 0.5) is 0 Å². The number of hydrogen-bond donors (Lipinski definition) is 2. The van der Waals surface area contributed by atoms with Gasteiger partial charge in [-0.15, -0.1) is 0 Å². The van der Waals surface area contributed by atoms with Crippen molar-refractivity contribution in [3.8, 4) is 0 Å². The minimum atomic E-state index is 0.532. The number of pyridine rings is 1. The summed E-state index contributed by atoms with van der Waals surface area (Å²) in [4.78, 5) is 13.7. The van der Waals surface area contributed by atoms with Gasteiger partial charge in [-0.2, -0.15) is 0 Å². The summed E-state index contributed by atoms with van der Waals surface area (Å²) in [5, 5.41) is 6.63. The van der Waals surface area contributed by atoms with Gasteiger partial charge in [-0.1, -0.05) is 18.2 Å². The van der Waals surface area contributed by atoms with Gasteiger partial charge in [-0.05, 0) is 31.2 Å². The molecular weight excluding hydrogens is 312 g/mol. The minimum absolute atomic E-state index is 0.532. The van der Waals surface area contributed by atoms with E-state index in [4.69, 9.17) is 0 Å². The van der Waals surface area contributed by atoms with Crippen LogP contribution in [0.2, 0.25) is 0 Å². The van der Waals surface area contributed by atoms with Gasteiger partial charge in [-0.25, -0.2) is 9.98 Å². The van der Waals surface area contributed by atoms with Crippen LogP contribution in [-0.4, -0.2) is 33.6 Å². The molecule has 2 aromatic heterocycles. The van der Waals surface area contributed by atoms with E-state index in [1.54, 1.807) is 0 Å². The van der Waals surface area contributed by atoms with Crippen molar-refractivity contribution in [2.45, 2.75) is 19.9 Å². The second kappa shape index (κ2) is 8.28. The molecule has 1 aromatic carbocycles. The van der Waals surface area contributed by atoms with E-state index in [1.807, 2.05) is 49.6 Å². The summed E-state index contributed by atoms with van der Waals surface area (Å²) >= 11 is 0. The minimum Gasteiger partial charge on any atom is -0.357 e. The van der Waals surface area contributed by atoms with Crippen LogP contribution in [0.1, 0.15) is 18.4 Å². The molecule has 0 aliphatic rings. The topological polar surface area (TPSA) is 67.1 Å². The molecule has 0 bridgehead atoms. The lowest BCUT2D eigenvalue weighted by atomic mass is 10.3. The summed E-state index contributed by atoms with van der Waals surface area (Å²) in [6, 6.07) is 14.1. The molecule has 2 N–H and O–H groups in total. The van der Waals surface area contributed by atoms with Gasteiger partial charge >= 0.3 is 0 Å². The van der Waals surface area contributed by atoms with Crippen LogP contribution in [0.25, 0.3) is 11.0 Å². The van der Waals surface area contributed by atoms with E-state index < -0.39 is 0 Å². The maximum atomic E-state index is 4.66. The first-order chi connectivity index (χ1) is 12.3. The van der Waals surface area contributed by atoms with E-state index in [0.717, 1.165) is 48.0 Å². The average Bonchev–Trinajstić information content (AvgIpc) is 2.97.